The first-order valence-electron chi connectivity index (χ1n) is 10.2. The number of alkyl carbamates (subject to hydrolysis) is 2. The molecule has 0 bridgehead atoms. The van der Waals surface area contributed by atoms with Gasteiger partial charge in [0, 0.05) is 13.1 Å². The van der Waals surface area contributed by atoms with Crippen LogP contribution in [0.15, 0.2) is 0 Å². The molecular weight excluding hydrogens is 419 g/mol. The van der Waals surface area contributed by atoms with Gasteiger partial charge < -0.3 is 31.6 Å². The molecule has 2 unspecified atom stereocenters. The summed E-state index contributed by atoms with van der Waals surface area (Å²) in [6, 6.07) is 0. The summed E-state index contributed by atoms with van der Waals surface area (Å²) in [4.78, 5) is 24.0. The molecule has 0 saturated carbocycles. The van der Waals surface area contributed by atoms with Crippen LogP contribution in [0.25, 0.3) is 0 Å². The minimum atomic E-state index is -1.00. The van der Waals surface area contributed by atoms with Crippen LogP contribution in [0, 0.1) is 0 Å². The molecule has 10 heteroatoms. The summed E-state index contributed by atoms with van der Waals surface area (Å²) in [5.74, 6) is 0. The third-order valence-electron chi connectivity index (χ3n) is 4.74. The first kappa shape index (κ1) is 32.7. The third-order valence-corrected chi connectivity index (χ3v) is 4.74. The highest BCUT2D eigenvalue weighted by Crippen LogP contribution is 2.25. The highest BCUT2D eigenvalue weighted by Gasteiger charge is 2.42. The van der Waals surface area contributed by atoms with E-state index in [1.54, 1.807) is 13.8 Å². The molecule has 0 aromatic heterocycles. The van der Waals surface area contributed by atoms with E-state index in [1.807, 2.05) is 13.8 Å². The summed E-state index contributed by atoms with van der Waals surface area (Å²) >= 11 is 0. The Morgan fingerprint density at radius 2 is 1.28 bits per heavy atom. The molecule has 0 saturated heterocycles. The smallest absolute Gasteiger partial charge is 0.407 e. The van der Waals surface area contributed by atoms with Crippen molar-refractivity contribution in [1.82, 2.24) is 10.6 Å². The van der Waals surface area contributed by atoms with E-state index in [0.29, 0.717) is 26.1 Å². The van der Waals surface area contributed by atoms with Crippen molar-refractivity contribution < 1.29 is 19.1 Å². The lowest BCUT2D eigenvalue weighted by Crippen LogP contribution is -2.60. The third kappa shape index (κ3) is 13.8. The predicted octanol–water partition coefficient (Wildman–Crippen LogP) is 3.49. The number of nitrogens with two attached hydrogens (primary N) is 2. The Balaban J connectivity index is -0.00000338. The van der Waals surface area contributed by atoms with Crippen LogP contribution < -0.4 is 22.1 Å². The zero-order chi connectivity index (χ0) is 20.7. The molecule has 0 rings (SSSR count). The van der Waals surface area contributed by atoms with E-state index in [4.69, 9.17) is 20.9 Å². The Kier molecular flexibility index (Phi) is 21.5. The fourth-order valence-corrected chi connectivity index (χ4v) is 2.67. The SMILES string of the molecule is CCCCNC(=O)OC(C)C(N)(CCCCN)C(C)OC(=O)NCCCC.Cl.Cl. The molecule has 0 radical (unpaired) electrons. The van der Waals surface area contributed by atoms with Crippen LogP contribution >= 0.6 is 24.8 Å². The topological polar surface area (TPSA) is 129 Å². The molecule has 8 nitrogen and oxygen atoms in total. The number of carbonyl (C=O) groups excluding carboxylic acids is 2. The van der Waals surface area contributed by atoms with Crippen molar-refractivity contribution in [1.29, 1.82) is 0 Å². The number of amides is 2. The fraction of sp³-hybridized carbons (Fsp3) is 0.895. The predicted molar refractivity (Wildman–Crippen MR) is 122 cm³/mol. The maximum atomic E-state index is 12.0. The van der Waals surface area contributed by atoms with Gasteiger partial charge in [0.2, 0.25) is 0 Å². The number of halogens is 2. The van der Waals surface area contributed by atoms with E-state index in [0.717, 1.165) is 38.5 Å². The molecule has 2 atom stereocenters. The molecule has 29 heavy (non-hydrogen) atoms. The van der Waals surface area contributed by atoms with Crippen molar-refractivity contribution in [2.24, 2.45) is 11.5 Å². The van der Waals surface area contributed by atoms with Gasteiger partial charge in [0.05, 0.1) is 5.54 Å². The largest absolute Gasteiger partial charge is 0.444 e. The minimum Gasteiger partial charge on any atom is -0.444 e. The van der Waals surface area contributed by atoms with Gasteiger partial charge in [-0.3, -0.25) is 0 Å². The Hall–Kier alpha value is -0.960. The van der Waals surface area contributed by atoms with E-state index >= 15 is 0 Å². The van der Waals surface area contributed by atoms with Crippen LogP contribution in [-0.4, -0.2) is 49.6 Å². The second-order valence-corrected chi connectivity index (χ2v) is 7.01. The molecule has 0 aromatic carbocycles. The highest BCUT2D eigenvalue weighted by molar-refractivity contribution is 5.85. The second-order valence-electron chi connectivity index (χ2n) is 7.01. The monoisotopic (exact) mass is 460 g/mol. The lowest BCUT2D eigenvalue weighted by molar-refractivity contribution is -0.0183. The van der Waals surface area contributed by atoms with Crippen molar-refractivity contribution in [3.63, 3.8) is 0 Å². The first-order chi connectivity index (χ1) is 12.8. The van der Waals surface area contributed by atoms with Gasteiger partial charge in [0.1, 0.15) is 12.2 Å². The summed E-state index contributed by atoms with van der Waals surface area (Å²) in [6.07, 6.45) is 3.52. The molecule has 0 heterocycles. The molecule has 0 aliphatic heterocycles. The number of hydrogen-bond acceptors (Lipinski definition) is 6. The average molecular weight is 461 g/mol. The quantitative estimate of drug-likeness (QED) is 0.293. The maximum absolute atomic E-state index is 12.0. The van der Waals surface area contributed by atoms with E-state index < -0.39 is 29.9 Å². The zero-order valence-electron chi connectivity index (χ0n) is 18.3. The van der Waals surface area contributed by atoms with Gasteiger partial charge in [0.25, 0.3) is 0 Å². The molecule has 0 aliphatic rings. The Morgan fingerprint density at radius 3 is 1.62 bits per heavy atom. The minimum absolute atomic E-state index is 0. The molecular formula is C19H42Cl2N4O4. The molecule has 0 fully saturated rings. The van der Waals surface area contributed by atoms with Crippen molar-refractivity contribution >= 4 is 37.0 Å². The molecule has 0 aromatic rings. The first-order valence-corrected chi connectivity index (χ1v) is 10.2. The molecule has 176 valence electrons. The number of nitrogens with one attached hydrogen (secondary N) is 2. The van der Waals surface area contributed by atoms with Gasteiger partial charge in [-0.15, -0.1) is 24.8 Å². The zero-order valence-corrected chi connectivity index (χ0v) is 20.0. The van der Waals surface area contributed by atoms with E-state index in [1.165, 1.54) is 0 Å². The van der Waals surface area contributed by atoms with Gasteiger partial charge in [-0.1, -0.05) is 33.1 Å². The van der Waals surface area contributed by atoms with Crippen LogP contribution in [-0.2, 0) is 9.47 Å². The molecule has 2 amide bonds. The van der Waals surface area contributed by atoms with E-state index in [2.05, 4.69) is 10.6 Å². The number of unbranched alkanes of at least 4 members (excludes halogenated alkanes) is 3. The van der Waals surface area contributed by atoms with Crippen LogP contribution in [0.1, 0.15) is 72.6 Å². The van der Waals surface area contributed by atoms with Gasteiger partial charge in [-0.2, -0.15) is 0 Å². The van der Waals surface area contributed by atoms with Crippen molar-refractivity contribution in [2.75, 3.05) is 19.6 Å². The van der Waals surface area contributed by atoms with E-state index in [9.17, 15) is 9.59 Å². The summed E-state index contributed by atoms with van der Waals surface area (Å²) in [7, 11) is 0. The van der Waals surface area contributed by atoms with Crippen molar-refractivity contribution in [3.05, 3.63) is 0 Å². The highest BCUT2D eigenvalue weighted by atomic mass is 35.5. The summed E-state index contributed by atoms with van der Waals surface area (Å²) in [5, 5.41) is 5.42. The van der Waals surface area contributed by atoms with Gasteiger partial charge >= 0.3 is 12.2 Å². The number of rotatable bonds is 14. The molecule has 0 spiro atoms. The van der Waals surface area contributed by atoms with Crippen molar-refractivity contribution in [2.45, 2.75) is 90.4 Å². The molecule has 6 N–H and O–H groups in total. The van der Waals surface area contributed by atoms with Crippen LogP contribution in [0.2, 0.25) is 0 Å². The van der Waals surface area contributed by atoms with Crippen LogP contribution in [0.4, 0.5) is 9.59 Å². The fourth-order valence-electron chi connectivity index (χ4n) is 2.67. The summed E-state index contributed by atoms with van der Waals surface area (Å²) in [6.45, 7) is 9.21. The standard InChI is InChI=1S/C19H40N4O4.2ClH/c1-5-7-13-22-17(24)26-15(3)19(21,11-9-10-12-20)16(4)27-18(25)23-14-8-6-2;;/h15-16H,5-14,20-21H2,1-4H3,(H,22,24)(H,23,25);2*1H. The normalized spacial score (nSPS) is 14.3. The summed E-state index contributed by atoms with van der Waals surface area (Å²) in [5.41, 5.74) is 11.2. The maximum Gasteiger partial charge on any atom is 0.407 e. The number of carbonyl (C=O) groups is 2. The van der Waals surface area contributed by atoms with Crippen LogP contribution in [0.5, 0.6) is 0 Å². The number of hydrogen-bond donors (Lipinski definition) is 4. The Morgan fingerprint density at radius 1 is 0.862 bits per heavy atom. The Labute approximate surface area is 188 Å². The summed E-state index contributed by atoms with van der Waals surface area (Å²) < 4.78 is 11.0. The van der Waals surface area contributed by atoms with E-state index in [-0.39, 0.29) is 24.8 Å². The van der Waals surface area contributed by atoms with Crippen molar-refractivity contribution in [3.8, 4) is 0 Å². The second kappa shape index (κ2) is 19.0. The lowest BCUT2D eigenvalue weighted by atomic mass is 9.83. The average Bonchev–Trinajstić information content (AvgIpc) is 2.62. The number of ether oxygens (including phenoxy) is 2. The molecule has 0 aliphatic carbocycles. The van der Waals surface area contributed by atoms with Gasteiger partial charge in [0.15, 0.2) is 0 Å². The Bertz CT molecular complexity index is 401. The van der Waals surface area contributed by atoms with Crippen LogP contribution in [0.3, 0.4) is 0 Å². The van der Waals surface area contributed by atoms with Gasteiger partial charge in [-0.25, -0.2) is 9.59 Å². The van der Waals surface area contributed by atoms with Gasteiger partial charge in [-0.05, 0) is 46.1 Å². The lowest BCUT2D eigenvalue weighted by Gasteiger charge is -2.39.